The summed E-state index contributed by atoms with van der Waals surface area (Å²) in [6, 6.07) is 19.3. The van der Waals surface area contributed by atoms with Gasteiger partial charge < -0.3 is 14.4 Å². The number of benzene rings is 2. The quantitative estimate of drug-likeness (QED) is 0.277. The van der Waals surface area contributed by atoms with E-state index in [1.165, 1.54) is 0 Å². The fourth-order valence-electron chi connectivity index (χ4n) is 3.36. The maximum atomic E-state index is 12.2. The fraction of sp³-hybridized carbons (Fsp3) is 0.320. The molecule has 0 fully saturated rings. The largest absolute Gasteiger partial charge is 0.435 e. The third kappa shape index (κ3) is 6.36. The Bertz CT molecular complexity index is 1030. The lowest BCUT2D eigenvalue weighted by molar-refractivity contribution is -0.129. The molecule has 1 aromatic heterocycles. The number of fused-ring (bicyclic) bond motifs is 1. The van der Waals surface area contributed by atoms with Crippen LogP contribution in [-0.4, -0.2) is 41.7 Å². The normalized spacial score (nSPS) is 10.8. The zero-order valence-corrected chi connectivity index (χ0v) is 18.0. The summed E-state index contributed by atoms with van der Waals surface area (Å²) in [4.78, 5) is 30.6. The Morgan fingerprint density at radius 2 is 1.77 bits per heavy atom. The van der Waals surface area contributed by atoms with Crippen LogP contribution in [0.15, 0.2) is 60.7 Å². The molecule has 3 aromatic rings. The van der Waals surface area contributed by atoms with Crippen molar-refractivity contribution in [1.82, 2.24) is 9.88 Å². The van der Waals surface area contributed by atoms with Gasteiger partial charge in [0, 0.05) is 18.9 Å². The van der Waals surface area contributed by atoms with Gasteiger partial charge in [-0.05, 0) is 36.6 Å². The van der Waals surface area contributed by atoms with Crippen molar-refractivity contribution < 1.29 is 19.1 Å². The predicted molar refractivity (Wildman–Crippen MR) is 120 cm³/mol. The first kappa shape index (κ1) is 22.4. The number of esters is 1. The zero-order chi connectivity index (χ0) is 22.1. The van der Waals surface area contributed by atoms with Gasteiger partial charge in [-0.1, -0.05) is 49.4 Å². The first-order chi connectivity index (χ1) is 15.1. The highest BCUT2D eigenvalue weighted by atomic mass is 16.7. The molecule has 0 radical (unpaired) electrons. The molecular weight excluding hydrogens is 392 g/mol. The molecule has 1 heterocycles. The number of hydrogen-bond donors (Lipinski definition) is 0. The highest BCUT2D eigenvalue weighted by molar-refractivity contribution is 5.91. The number of hydrogen-bond acceptors (Lipinski definition) is 5. The molecule has 3 rings (SSSR count). The van der Waals surface area contributed by atoms with Crippen molar-refractivity contribution >= 4 is 22.8 Å². The van der Waals surface area contributed by atoms with E-state index in [9.17, 15) is 9.59 Å². The van der Waals surface area contributed by atoms with E-state index in [0.29, 0.717) is 31.7 Å². The number of rotatable bonds is 10. The van der Waals surface area contributed by atoms with Crippen LogP contribution in [0.3, 0.4) is 0 Å². The molecule has 0 unspecified atom stereocenters. The summed E-state index contributed by atoms with van der Waals surface area (Å²) in [5.41, 5.74) is 3.28. The molecule has 6 heteroatoms. The van der Waals surface area contributed by atoms with Crippen molar-refractivity contribution in [1.29, 1.82) is 0 Å². The molecule has 0 aliphatic rings. The number of carbonyl (C=O) groups excluding carboxylic acids is 2. The average Bonchev–Trinajstić information content (AvgIpc) is 2.80. The fourth-order valence-corrected chi connectivity index (χ4v) is 3.36. The number of aromatic nitrogens is 1. The maximum Gasteiger partial charge on any atom is 0.340 e. The second kappa shape index (κ2) is 11.2. The summed E-state index contributed by atoms with van der Waals surface area (Å²) in [6.45, 7) is 4.81. The average molecular weight is 421 g/mol. The van der Waals surface area contributed by atoms with Crippen LogP contribution in [0.25, 0.3) is 10.9 Å². The monoisotopic (exact) mass is 420 g/mol. The molecule has 31 heavy (non-hydrogen) atoms. The van der Waals surface area contributed by atoms with E-state index in [1.807, 2.05) is 61.5 Å². The van der Waals surface area contributed by atoms with Gasteiger partial charge in [0.2, 0.25) is 5.91 Å². The van der Waals surface area contributed by atoms with Crippen LogP contribution >= 0.6 is 0 Å². The lowest BCUT2D eigenvalue weighted by Gasteiger charge is -2.20. The van der Waals surface area contributed by atoms with Gasteiger partial charge in [0.25, 0.3) is 0 Å². The SMILES string of the molecule is CCc1ccccc1C(=O)OCOCCCN(Cc1ccc2ccccc2n1)C(C)=O. The third-order valence-electron chi connectivity index (χ3n) is 5.06. The van der Waals surface area contributed by atoms with Crippen LogP contribution in [-0.2, 0) is 27.2 Å². The van der Waals surface area contributed by atoms with Crippen LogP contribution in [0.5, 0.6) is 0 Å². The third-order valence-corrected chi connectivity index (χ3v) is 5.06. The number of nitrogens with zero attached hydrogens (tertiary/aromatic N) is 2. The van der Waals surface area contributed by atoms with E-state index < -0.39 is 0 Å². The minimum absolute atomic E-state index is 0.0161. The minimum Gasteiger partial charge on any atom is -0.435 e. The molecule has 0 saturated carbocycles. The second-order valence-corrected chi connectivity index (χ2v) is 7.26. The number of amides is 1. The molecule has 162 valence electrons. The van der Waals surface area contributed by atoms with Crippen LogP contribution < -0.4 is 0 Å². The van der Waals surface area contributed by atoms with Crippen molar-refractivity contribution in [3.8, 4) is 0 Å². The topological polar surface area (TPSA) is 68.7 Å². The smallest absolute Gasteiger partial charge is 0.340 e. The predicted octanol–water partition coefficient (Wildman–Crippen LogP) is 4.37. The van der Waals surface area contributed by atoms with Gasteiger partial charge in [-0.3, -0.25) is 9.78 Å². The van der Waals surface area contributed by atoms with Crippen molar-refractivity contribution in [2.75, 3.05) is 19.9 Å². The Hall–Kier alpha value is -3.25. The van der Waals surface area contributed by atoms with Gasteiger partial charge in [-0.15, -0.1) is 0 Å². The Morgan fingerprint density at radius 3 is 2.58 bits per heavy atom. The number of ether oxygens (including phenoxy) is 2. The molecule has 6 nitrogen and oxygen atoms in total. The Kier molecular flexibility index (Phi) is 8.12. The lowest BCUT2D eigenvalue weighted by Crippen LogP contribution is -2.30. The van der Waals surface area contributed by atoms with E-state index in [-0.39, 0.29) is 18.7 Å². The minimum atomic E-state index is -0.384. The second-order valence-electron chi connectivity index (χ2n) is 7.26. The summed E-state index contributed by atoms with van der Waals surface area (Å²) in [6.07, 6.45) is 1.40. The Labute approximate surface area is 182 Å². The van der Waals surface area contributed by atoms with E-state index >= 15 is 0 Å². The van der Waals surface area contributed by atoms with Gasteiger partial charge in [0.05, 0.1) is 29.9 Å². The van der Waals surface area contributed by atoms with Crippen molar-refractivity contribution in [2.24, 2.45) is 0 Å². The van der Waals surface area contributed by atoms with E-state index in [4.69, 9.17) is 9.47 Å². The maximum absolute atomic E-state index is 12.2. The zero-order valence-electron chi connectivity index (χ0n) is 18.0. The molecular formula is C25H28N2O4. The molecule has 0 aliphatic heterocycles. The van der Waals surface area contributed by atoms with Crippen LogP contribution in [0.4, 0.5) is 0 Å². The van der Waals surface area contributed by atoms with E-state index in [1.54, 1.807) is 17.9 Å². The van der Waals surface area contributed by atoms with Gasteiger partial charge in [0.15, 0.2) is 6.79 Å². The number of aryl methyl sites for hydroxylation is 1. The van der Waals surface area contributed by atoms with Crippen molar-refractivity contribution in [2.45, 2.75) is 33.2 Å². The molecule has 0 saturated heterocycles. The summed E-state index contributed by atoms with van der Waals surface area (Å²) in [5, 5.41) is 1.07. The summed E-state index contributed by atoms with van der Waals surface area (Å²) < 4.78 is 10.7. The van der Waals surface area contributed by atoms with Gasteiger partial charge in [-0.2, -0.15) is 0 Å². The highest BCUT2D eigenvalue weighted by Gasteiger charge is 2.12. The van der Waals surface area contributed by atoms with Crippen LogP contribution in [0, 0.1) is 0 Å². The first-order valence-electron chi connectivity index (χ1n) is 10.5. The molecule has 1 amide bonds. The summed E-state index contributed by atoms with van der Waals surface area (Å²) >= 11 is 0. The molecule has 2 aromatic carbocycles. The van der Waals surface area contributed by atoms with Crippen LogP contribution in [0.2, 0.25) is 0 Å². The van der Waals surface area contributed by atoms with Crippen LogP contribution in [0.1, 0.15) is 41.9 Å². The van der Waals surface area contributed by atoms with E-state index in [2.05, 4.69) is 4.98 Å². The van der Waals surface area contributed by atoms with Gasteiger partial charge >= 0.3 is 5.97 Å². The van der Waals surface area contributed by atoms with E-state index in [0.717, 1.165) is 28.6 Å². The molecule has 0 N–H and O–H groups in total. The highest BCUT2D eigenvalue weighted by Crippen LogP contribution is 2.14. The molecule has 0 spiro atoms. The summed E-state index contributed by atoms with van der Waals surface area (Å²) in [7, 11) is 0. The summed E-state index contributed by atoms with van der Waals surface area (Å²) in [5.74, 6) is -0.400. The van der Waals surface area contributed by atoms with Crippen molar-refractivity contribution in [3.05, 3.63) is 77.5 Å². The van der Waals surface area contributed by atoms with Gasteiger partial charge in [0.1, 0.15) is 0 Å². The Balaban J connectivity index is 1.42. The Morgan fingerprint density at radius 1 is 1.00 bits per heavy atom. The number of para-hydroxylation sites is 1. The lowest BCUT2D eigenvalue weighted by atomic mass is 10.1. The molecule has 0 atom stereocenters. The molecule has 0 aliphatic carbocycles. The van der Waals surface area contributed by atoms with Gasteiger partial charge in [-0.25, -0.2) is 4.79 Å². The molecule has 0 bridgehead atoms. The first-order valence-corrected chi connectivity index (χ1v) is 10.5. The number of pyridine rings is 1. The van der Waals surface area contributed by atoms with Crippen molar-refractivity contribution in [3.63, 3.8) is 0 Å². The number of carbonyl (C=O) groups is 2. The standard InChI is InChI=1S/C25H28N2O4/c1-3-20-9-4-6-11-23(20)25(29)31-18-30-16-8-15-27(19(2)28)17-22-14-13-21-10-5-7-12-24(21)26-22/h4-7,9-14H,3,8,15-18H2,1-2H3.